The zero-order valence-electron chi connectivity index (χ0n) is 7.47. The second-order valence-corrected chi connectivity index (χ2v) is 3.33. The summed E-state index contributed by atoms with van der Waals surface area (Å²) in [5, 5.41) is 1.09. The quantitative estimate of drug-likeness (QED) is 0.613. The molecule has 2 heterocycles. The van der Waals surface area contributed by atoms with Gasteiger partial charge in [-0.15, -0.1) is 0 Å². The highest BCUT2D eigenvalue weighted by Crippen LogP contribution is 2.20. The summed E-state index contributed by atoms with van der Waals surface area (Å²) in [6.07, 6.45) is 3.58. The third kappa shape index (κ3) is 0.865. The Morgan fingerprint density at radius 1 is 1.29 bits per heavy atom. The molecule has 0 bridgehead atoms. The van der Waals surface area contributed by atoms with Crippen LogP contribution in [0.2, 0.25) is 0 Å². The lowest BCUT2D eigenvalue weighted by molar-refractivity contribution is 0.0930. The third-order valence-corrected chi connectivity index (χ3v) is 2.47. The molecule has 0 radical (unpaired) electrons. The van der Waals surface area contributed by atoms with Crippen LogP contribution in [0.3, 0.4) is 0 Å². The molecule has 2 aromatic rings. The van der Waals surface area contributed by atoms with E-state index in [-0.39, 0.29) is 12.5 Å². The van der Waals surface area contributed by atoms with E-state index in [1.165, 1.54) is 0 Å². The smallest absolute Gasteiger partial charge is 0.252 e. The minimum atomic E-state index is 0.0289. The Labute approximate surface area is 80.7 Å². The summed E-state index contributed by atoms with van der Waals surface area (Å²) in [6.45, 7) is 0.235. The van der Waals surface area contributed by atoms with Gasteiger partial charge in [0.2, 0.25) is 0 Å². The Kier molecular flexibility index (Phi) is 1.36. The minimum Gasteiger partial charge on any atom is -0.285 e. The number of hydrogen-bond acceptors (Lipinski definition) is 2. The Balaban J connectivity index is 2.52. The monoisotopic (exact) mass is 184 g/mol. The fourth-order valence-electron chi connectivity index (χ4n) is 1.83. The molecule has 0 atom stereocenters. The first-order valence-electron chi connectivity index (χ1n) is 4.49. The number of benzene rings is 1. The number of carbonyl (C=O) groups excluding carboxylic acids is 1. The summed E-state index contributed by atoms with van der Waals surface area (Å²) in [5.74, 6) is 0.0289. The number of nitrogens with zero attached hydrogens (tertiary/aromatic N) is 2. The van der Waals surface area contributed by atoms with Gasteiger partial charge in [0.25, 0.3) is 5.91 Å². The lowest BCUT2D eigenvalue weighted by Crippen LogP contribution is -2.11. The molecule has 3 nitrogen and oxygen atoms in total. The maximum absolute atomic E-state index is 11.6. The maximum Gasteiger partial charge on any atom is 0.252 e. The van der Waals surface area contributed by atoms with Gasteiger partial charge in [0.05, 0.1) is 5.52 Å². The van der Waals surface area contributed by atoms with Crippen molar-refractivity contribution in [1.29, 1.82) is 0 Å². The summed E-state index contributed by atoms with van der Waals surface area (Å²) >= 11 is 0. The summed E-state index contributed by atoms with van der Waals surface area (Å²) in [6, 6.07) is 7.91. The fraction of sp³-hybridized carbons (Fsp3) is 0.0909. The van der Waals surface area contributed by atoms with Gasteiger partial charge < -0.3 is 0 Å². The first-order chi connectivity index (χ1) is 6.86. The van der Waals surface area contributed by atoms with Crippen molar-refractivity contribution in [3.05, 3.63) is 36.0 Å². The lowest BCUT2D eigenvalue weighted by atomic mass is 10.1. The van der Waals surface area contributed by atoms with Crippen molar-refractivity contribution < 1.29 is 4.79 Å². The average molecular weight is 184 g/mol. The molecule has 1 aliphatic rings. The number of para-hydroxylation sites is 1. The Morgan fingerprint density at radius 2 is 2.21 bits per heavy atom. The van der Waals surface area contributed by atoms with E-state index in [0.717, 1.165) is 16.5 Å². The van der Waals surface area contributed by atoms with Crippen LogP contribution in [0.4, 0.5) is 0 Å². The van der Waals surface area contributed by atoms with E-state index in [2.05, 4.69) is 4.99 Å². The molecule has 14 heavy (non-hydrogen) atoms. The number of rotatable bonds is 0. The van der Waals surface area contributed by atoms with Gasteiger partial charge >= 0.3 is 0 Å². The first kappa shape index (κ1) is 7.50. The van der Waals surface area contributed by atoms with Crippen LogP contribution in [0, 0.1) is 0 Å². The summed E-state index contributed by atoms with van der Waals surface area (Å²) in [5.41, 5.74) is 1.98. The molecule has 1 aliphatic heterocycles. The largest absolute Gasteiger partial charge is 0.285 e. The van der Waals surface area contributed by atoms with Crippen LogP contribution in [0.25, 0.3) is 10.9 Å². The molecular formula is C11H8N2O. The third-order valence-electron chi connectivity index (χ3n) is 2.47. The van der Waals surface area contributed by atoms with E-state index in [1.807, 2.05) is 30.5 Å². The molecule has 0 unspecified atom stereocenters. The van der Waals surface area contributed by atoms with Gasteiger partial charge in [-0.05, 0) is 6.07 Å². The summed E-state index contributed by atoms with van der Waals surface area (Å²) in [7, 11) is 0. The van der Waals surface area contributed by atoms with Crippen LogP contribution >= 0.6 is 0 Å². The van der Waals surface area contributed by atoms with Crippen molar-refractivity contribution in [2.45, 2.75) is 0 Å². The van der Waals surface area contributed by atoms with Gasteiger partial charge in [-0.2, -0.15) is 0 Å². The Morgan fingerprint density at radius 3 is 3.14 bits per heavy atom. The molecule has 1 aromatic heterocycles. The molecule has 3 rings (SSSR count). The van der Waals surface area contributed by atoms with Crippen molar-refractivity contribution in [1.82, 2.24) is 4.57 Å². The van der Waals surface area contributed by atoms with Gasteiger partial charge in [-0.25, -0.2) is 0 Å². The van der Waals surface area contributed by atoms with Crippen molar-refractivity contribution >= 4 is 23.0 Å². The number of carbonyl (C=O) groups is 1. The predicted octanol–water partition coefficient (Wildman–Crippen LogP) is 1.71. The zero-order valence-corrected chi connectivity index (χ0v) is 7.47. The first-order valence-corrected chi connectivity index (χ1v) is 4.49. The fourth-order valence-corrected chi connectivity index (χ4v) is 1.83. The van der Waals surface area contributed by atoms with Gasteiger partial charge in [0, 0.05) is 23.4 Å². The molecule has 1 aromatic carbocycles. The predicted molar refractivity (Wildman–Crippen MR) is 55.0 cm³/mol. The Hall–Kier alpha value is -1.90. The highest BCUT2D eigenvalue weighted by atomic mass is 16.2. The molecule has 0 fully saturated rings. The van der Waals surface area contributed by atoms with Crippen molar-refractivity contribution in [3.8, 4) is 0 Å². The average Bonchev–Trinajstić information content (AvgIpc) is 2.54. The molecular weight excluding hydrogens is 176 g/mol. The van der Waals surface area contributed by atoms with E-state index in [9.17, 15) is 4.79 Å². The van der Waals surface area contributed by atoms with Crippen LogP contribution in [-0.2, 0) is 0 Å². The van der Waals surface area contributed by atoms with E-state index in [4.69, 9.17) is 0 Å². The van der Waals surface area contributed by atoms with E-state index < -0.39 is 0 Å². The zero-order chi connectivity index (χ0) is 9.54. The number of hydrogen-bond donors (Lipinski definition) is 0. The van der Waals surface area contributed by atoms with Crippen LogP contribution in [0.15, 0.2) is 35.5 Å². The topological polar surface area (TPSA) is 34.4 Å². The van der Waals surface area contributed by atoms with Gasteiger partial charge in [0.15, 0.2) is 0 Å². The molecule has 0 saturated carbocycles. The minimum absolute atomic E-state index is 0.0289. The maximum atomic E-state index is 11.6. The number of aromatic nitrogens is 1. The summed E-state index contributed by atoms with van der Waals surface area (Å²) in [4.78, 5) is 15.7. The molecule has 0 amide bonds. The van der Waals surface area contributed by atoms with E-state index in [1.54, 1.807) is 10.8 Å². The normalized spacial score (nSPS) is 14.7. The Bertz CT molecular complexity index is 551. The van der Waals surface area contributed by atoms with Gasteiger partial charge in [0.1, 0.15) is 6.54 Å². The highest BCUT2D eigenvalue weighted by molar-refractivity contribution is 6.05. The SMILES string of the molecule is O=C1CN=Cc2cccc3ccn1c23. The van der Waals surface area contributed by atoms with E-state index >= 15 is 0 Å². The van der Waals surface area contributed by atoms with Gasteiger partial charge in [-0.3, -0.25) is 14.4 Å². The van der Waals surface area contributed by atoms with Crippen molar-refractivity contribution in [2.24, 2.45) is 4.99 Å². The number of aliphatic imine (C=N–C) groups is 1. The molecule has 0 N–H and O–H groups in total. The van der Waals surface area contributed by atoms with Crippen LogP contribution in [0.1, 0.15) is 10.4 Å². The summed E-state index contributed by atoms with van der Waals surface area (Å²) < 4.78 is 1.68. The van der Waals surface area contributed by atoms with Crippen LogP contribution < -0.4 is 0 Å². The van der Waals surface area contributed by atoms with Crippen LogP contribution in [-0.4, -0.2) is 23.2 Å². The van der Waals surface area contributed by atoms with Crippen molar-refractivity contribution in [3.63, 3.8) is 0 Å². The molecule has 0 aliphatic carbocycles. The molecule has 3 heteroatoms. The van der Waals surface area contributed by atoms with Crippen molar-refractivity contribution in [2.75, 3.05) is 6.54 Å². The molecule has 0 saturated heterocycles. The van der Waals surface area contributed by atoms with Gasteiger partial charge in [-0.1, -0.05) is 18.2 Å². The van der Waals surface area contributed by atoms with Crippen LogP contribution in [0.5, 0.6) is 0 Å². The molecule has 0 spiro atoms. The standard InChI is InChI=1S/C11H8N2O/c14-10-7-12-6-9-3-1-2-8-4-5-13(10)11(8)9/h1-6H,7H2. The second kappa shape index (κ2) is 2.54. The second-order valence-electron chi connectivity index (χ2n) is 3.33. The lowest BCUT2D eigenvalue weighted by Gasteiger charge is -2.00. The van der Waals surface area contributed by atoms with E-state index in [0.29, 0.717) is 0 Å². The molecule has 68 valence electrons. The highest BCUT2D eigenvalue weighted by Gasteiger charge is 2.13.